The summed E-state index contributed by atoms with van der Waals surface area (Å²) < 4.78 is 0. The van der Waals surface area contributed by atoms with Crippen molar-refractivity contribution in [1.29, 1.82) is 0 Å². The van der Waals surface area contributed by atoms with Crippen molar-refractivity contribution in [3.63, 3.8) is 0 Å². The Balaban J connectivity index is -0.000000157. The summed E-state index contributed by atoms with van der Waals surface area (Å²) >= 11 is 0. The summed E-state index contributed by atoms with van der Waals surface area (Å²) in [6.45, 7) is 7.63. The Hall–Kier alpha value is -7.22. The van der Waals surface area contributed by atoms with Crippen molar-refractivity contribution in [1.82, 2.24) is 0 Å². The molecule has 0 atom stereocenters. The fourth-order valence-corrected chi connectivity index (χ4v) is 3.27. The Morgan fingerprint density at radius 1 is 0.344 bits per heavy atom. The molecule has 0 aliphatic rings. The summed E-state index contributed by atoms with van der Waals surface area (Å²) in [6, 6.07) is 5.02. The van der Waals surface area contributed by atoms with Crippen LogP contribution in [-0.2, 0) is 47.9 Å². The molecule has 0 aliphatic carbocycles. The summed E-state index contributed by atoms with van der Waals surface area (Å²) in [5.74, 6) is -15.0. The Kier molecular flexibility index (Phi) is 42.7. The molecule has 0 aliphatic heterocycles. The molecule has 0 spiro atoms. The van der Waals surface area contributed by atoms with Crippen LogP contribution < -0.4 is 0 Å². The number of unbranched alkanes of at least 4 members (excludes halogenated alkanes) is 2. The largest absolute Gasteiger partial charge is 0.481 e. The van der Waals surface area contributed by atoms with Crippen LogP contribution in [0.15, 0.2) is 24.3 Å². The lowest BCUT2D eigenvalue weighted by Gasteiger charge is -2.18. The lowest BCUT2D eigenvalue weighted by atomic mass is 9.96. The van der Waals surface area contributed by atoms with E-state index in [1.54, 1.807) is 0 Å². The molecule has 0 aromatic heterocycles. The van der Waals surface area contributed by atoms with Gasteiger partial charge in [-0.1, -0.05) is 40.5 Å². The fraction of sp³-hybridized carbons (Fsp3) is 0.526. The van der Waals surface area contributed by atoms with Gasteiger partial charge < -0.3 is 71.5 Å². The Morgan fingerprint density at radius 2 is 0.547 bits per heavy atom. The van der Waals surface area contributed by atoms with Gasteiger partial charge in [-0.25, -0.2) is 19.2 Å². The molecule has 0 heterocycles. The number of hydrogen-bond acceptors (Lipinski definition) is 14. The topological polar surface area (TPSA) is 488 Å². The van der Waals surface area contributed by atoms with Crippen LogP contribution in [0.5, 0.6) is 0 Å². The minimum atomic E-state index is -2.74. The first-order valence-electron chi connectivity index (χ1n) is 18.5. The molecule has 0 fully saturated rings. The molecular weight excluding hydrogens is 872 g/mol. The first-order valence-corrected chi connectivity index (χ1v) is 18.5. The lowest BCUT2D eigenvalue weighted by Crippen LogP contribution is -2.42. The van der Waals surface area contributed by atoms with Crippen molar-refractivity contribution < 1.29 is 129 Å². The Labute approximate surface area is 364 Å². The van der Waals surface area contributed by atoms with Crippen molar-refractivity contribution in [2.75, 3.05) is 0 Å². The average molecular weight is 931 g/mol. The van der Waals surface area contributed by atoms with Crippen molar-refractivity contribution in [2.45, 2.75) is 129 Å². The highest BCUT2D eigenvalue weighted by atomic mass is 16.4. The van der Waals surface area contributed by atoms with Gasteiger partial charge in [0.05, 0.1) is 36.8 Å². The van der Waals surface area contributed by atoms with E-state index < -0.39 is 109 Å². The molecule has 0 radical (unpaired) electrons. The van der Waals surface area contributed by atoms with Gasteiger partial charge >= 0.3 is 71.6 Å². The maximum absolute atomic E-state index is 10.3. The minimum Gasteiger partial charge on any atom is -0.481 e. The van der Waals surface area contributed by atoms with E-state index in [1.165, 1.54) is 24.3 Å². The molecule has 0 saturated carbocycles. The van der Waals surface area contributed by atoms with Crippen molar-refractivity contribution in [2.24, 2.45) is 0 Å². The van der Waals surface area contributed by atoms with Crippen LogP contribution in [0.2, 0.25) is 0 Å². The number of aliphatic hydroxyl groups is 2. The summed E-state index contributed by atoms with van der Waals surface area (Å²) in [6.07, 6.45) is 1.63. The highest BCUT2D eigenvalue weighted by Gasteiger charge is 2.41. The van der Waals surface area contributed by atoms with E-state index in [4.69, 9.17) is 71.5 Å². The molecule has 64 heavy (non-hydrogen) atoms. The van der Waals surface area contributed by atoms with Gasteiger partial charge in [-0.05, 0) is 49.9 Å². The molecule has 0 unspecified atom stereocenters. The third-order valence-electron chi connectivity index (χ3n) is 6.37. The molecule has 366 valence electrons. The number of aliphatic carboxylic acids is 10. The zero-order valence-corrected chi connectivity index (χ0v) is 35.4. The zero-order valence-electron chi connectivity index (χ0n) is 35.4. The molecule has 0 bridgehead atoms. The first-order chi connectivity index (χ1) is 29.2. The van der Waals surface area contributed by atoms with E-state index >= 15 is 0 Å². The van der Waals surface area contributed by atoms with Gasteiger partial charge in [0.2, 0.25) is 0 Å². The van der Waals surface area contributed by atoms with Gasteiger partial charge in [0.15, 0.2) is 11.2 Å². The van der Waals surface area contributed by atoms with Crippen molar-refractivity contribution in [3.05, 3.63) is 35.4 Å². The highest BCUT2D eigenvalue weighted by molar-refractivity contribution is 5.92. The number of hydrogen-bond donors (Lipinski definition) is 14. The fourth-order valence-electron chi connectivity index (χ4n) is 3.27. The molecular formula is C38H58O26. The van der Waals surface area contributed by atoms with Gasteiger partial charge in [-0.2, -0.15) is 0 Å². The number of carboxylic acids is 12. The van der Waals surface area contributed by atoms with E-state index in [-0.39, 0.29) is 11.1 Å². The lowest BCUT2D eigenvalue weighted by molar-refractivity contribution is -0.170. The summed E-state index contributed by atoms with van der Waals surface area (Å²) in [4.78, 5) is 120. The normalized spacial score (nSPS) is 9.59. The second-order valence-electron chi connectivity index (χ2n) is 12.4. The SMILES string of the molecule is CCCC(=O)O.CCCC(=O)O.CCCCC(=O)O.CCCCC(=O)O.O=C(O)CC(O)(CC(=O)O)C(=O)O.O=C(O)CC(O)(CC(=O)O)C(=O)O.O=C(O)c1ccc(C(=O)O)cc1. The van der Waals surface area contributed by atoms with Crippen LogP contribution in [0.4, 0.5) is 0 Å². The molecule has 1 rings (SSSR count). The van der Waals surface area contributed by atoms with Gasteiger partial charge in [-0.3, -0.25) is 38.4 Å². The molecule has 26 heteroatoms. The number of benzene rings is 1. The summed E-state index contributed by atoms with van der Waals surface area (Å²) in [5, 5.41) is 116. The maximum Gasteiger partial charge on any atom is 0.336 e. The number of aromatic carboxylic acids is 2. The summed E-state index contributed by atoms with van der Waals surface area (Å²) in [5.41, 5.74) is -5.31. The maximum atomic E-state index is 10.3. The van der Waals surface area contributed by atoms with E-state index in [9.17, 15) is 57.5 Å². The molecule has 1 aromatic rings. The molecule has 14 N–H and O–H groups in total. The van der Waals surface area contributed by atoms with Gasteiger partial charge in [-0.15, -0.1) is 0 Å². The Morgan fingerprint density at radius 3 is 0.625 bits per heavy atom. The first kappa shape index (κ1) is 68.5. The predicted molar refractivity (Wildman–Crippen MR) is 214 cm³/mol. The van der Waals surface area contributed by atoms with Crippen LogP contribution in [0.3, 0.4) is 0 Å². The molecule has 0 saturated heterocycles. The third kappa shape index (κ3) is 49.1. The van der Waals surface area contributed by atoms with E-state index in [0.717, 1.165) is 38.5 Å². The van der Waals surface area contributed by atoms with Gasteiger partial charge in [0.25, 0.3) is 0 Å². The molecule has 0 amide bonds. The van der Waals surface area contributed by atoms with Crippen LogP contribution in [-0.4, -0.2) is 154 Å². The average Bonchev–Trinajstić information content (AvgIpc) is 3.13. The van der Waals surface area contributed by atoms with E-state index in [1.807, 2.05) is 27.7 Å². The van der Waals surface area contributed by atoms with E-state index in [0.29, 0.717) is 25.7 Å². The van der Waals surface area contributed by atoms with E-state index in [2.05, 4.69) is 0 Å². The quantitative estimate of drug-likeness (QED) is 0.0794. The standard InChI is InChI=1S/C8H6O4.2C6H8O7.2C5H10O2.2C4H8O2/c9-7(10)5-1-2-6(4-3-5)8(11)12;2*7-3(8)1-6(13,5(11)12)2-4(9)10;2*1-2-3-4-5(6)7;2*1-2-3-4(5)6/h1-4H,(H,9,10)(H,11,12);2*13H,1-2H2,(H,7,8)(H,9,10)(H,11,12);2*2-4H2,1H3,(H,6,7);2*2-3H2,1H3,(H,5,6). The second kappa shape index (κ2) is 39.9. The van der Waals surface area contributed by atoms with Crippen LogP contribution in [0.25, 0.3) is 0 Å². The van der Waals surface area contributed by atoms with Crippen LogP contribution >= 0.6 is 0 Å². The van der Waals surface area contributed by atoms with Crippen molar-refractivity contribution in [3.8, 4) is 0 Å². The number of carboxylic acid groups (broad SMARTS) is 12. The predicted octanol–water partition coefficient (Wildman–Crippen LogP) is 2.85. The van der Waals surface area contributed by atoms with Crippen LogP contribution in [0.1, 0.15) is 138 Å². The molecule has 1 aromatic carbocycles. The monoisotopic (exact) mass is 930 g/mol. The van der Waals surface area contributed by atoms with Crippen molar-refractivity contribution >= 4 is 71.6 Å². The number of carbonyl (C=O) groups is 12. The smallest absolute Gasteiger partial charge is 0.336 e. The zero-order chi connectivity index (χ0) is 51.8. The third-order valence-corrected chi connectivity index (χ3v) is 6.37. The number of rotatable bonds is 22. The van der Waals surface area contributed by atoms with Gasteiger partial charge in [0.1, 0.15) is 0 Å². The van der Waals surface area contributed by atoms with Crippen LogP contribution in [0, 0.1) is 0 Å². The Bertz CT molecular complexity index is 1480. The molecule has 26 nitrogen and oxygen atoms in total. The summed E-state index contributed by atoms with van der Waals surface area (Å²) in [7, 11) is 0. The second-order valence-corrected chi connectivity index (χ2v) is 12.4. The minimum absolute atomic E-state index is 0.0833. The van der Waals surface area contributed by atoms with Gasteiger partial charge in [0, 0.05) is 25.7 Å². The highest BCUT2D eigenvalue weighted by Crippen LogP contribution is 2.16.